The molecule has 0 saturated heterocycles. The molecule has 7 heteroatoms. The molecule has 0 saturated carbocycles. The Kier molecular flexibility index (Phi) is 4.16. The average Bonchev–Trinajstić information content (AvgIpc) is 3.01. The van der Waals surface area contributed by atoms with Crippen LogP contribution in [0.2, 0.25) is 0 Å². The summed E-state index contributed by atoms with van der Waals surface area (Å²) in [6, 6.07) is 16.4. The molecule has 0 unspecified atom stereocenters. The van der Waals surface area contributed by atoms with Crippen molar-refractivity contribution in [2.24, 2.45) is 5.14 Å². The van der Waals surface area contributed by atoms with Crippen molar-refractivity contribution in [1.29, 1.82) is 0 Å². The highest BCUT2D eigenvalue weighted by Crippen LogP contribution is 2.20. The van der Waals surface area contributed by atoms with Crippen molar-refractivity contribution in [3.63, 3.8) is 0 Å². The van der Waals surface area contributed by atoms with Gasteiger partial charge in [0, 0.05) is 10.4 Å². The van der Waals surface area contributed by atoms with E-state index in [1.54, 1.807) is 12.1 Å². The number of hydrogen-bond donors (Lipinski definition) is 2. The molecule has 0 radical (unpaired) electrons. The molecular formula is C16H14N2O3S2. The summed E-state index contributed by atoms with van der Waals surface area (Å²) in [4.78, 5) is 12.9. The molecule has 3 aromatic rings. The van der Waals surface area contributed by atoms with Crippen LogP contribution in [-0.2, 0) is 16.6 Å². The smallest absolute Gasteiger partial charge is 0.251 e. The maximum atomic E-state index is 12.2. The van der Waals surface area contributed by atoms with Gasteiger partial charge in [-0.1, -0.05) is 30.3 Å². The first-order chi connectivity index (χ1) is 10.9. The van der Waals surface area contributed by atoms with E-state index in [9.17, 15) is 13.2 Å². The zero-order valence-corrected chi connectivity index (χ0v) is 13.7. The topological polar surface area (TPSA) is 89.3 Å². The van der Waals surface area contributed by atoms with Gasteiger partial charge in [-0.3, -0.25) is 4.79 Å². The maximum Gasteiger partial charge on any atom is 0.251 e. The molecule has 0 atom stereocenters. The number of fused-ring (bicyclic) bond motifs is 1. The van der Waals surface area contributed by atoms with Crippen molar-refractivity contribution < 1.29 is 13.2 Å². The van der Waals surface area contributed by atoms with Crippen molar-refractivity contribution >= 4 is 38.0 Å². The van der Waals surface area contributed by atoms with E-state index in [1.807, 2.05) is 36.4 Å². The molecular weight excluding hydrogens is 332 g/mol. The van der Waals surface area contributed by atoms with Crippen LogP contribution in [0.1, 0.15) is 15.2 Å². The Labute approximate surface area is 137 Å². The lowest BCUT2D eigenvalue weighted by Crippen LogP contribution is -2.22. The van der Waals surface area contributed by atoms with E-state index in [4.69, 9.17) is 5.14 Å². The number of amides is 1. The molecule has 0 bridgehead atoms. The second kappa shape index (κ2) is 6.11. The van der Waals surface area contributed by atoms with Crippen LogP contribution in [0.25, 0.3) is 10.8 Å². The van der Waals surface area contributed by atoms with Gasteiger partial charge in [-0.25, -0.2) is 13.6 Å². The Morgan fingerprint density at radius 1 is 1.04 bits per heavy atom. The standard InChI is InChI=1S/C16H14N2O3S2/c17-23(20,21)15-8-7-14(22-15)10-18-16(19)13-6-5-11-3-1-2-4-12(11)9-13/h1-9H,10H2,(H,18,19)(H2,17,20,21). The van der Waals surface area contributed by atoms with E-state index >= 15 is 0 Å². The van der Waals surface area contributed by atoms with E-state index < -0.39 is 10.0 Å². The molecule has 0 spiro atoms. The first kappa shape index (κ1) is 15.7. The molecule has 2 aromatic carbocycles. The minimum absolute atomic E-state index is 0.0902. The largest absolute Gasteiger partial charge is 0.347 e. The molecule has 1 heterocycles. The third-order valence-corrected chi connectivity index (χ3v) is 5.88. The number of thiophene rings is 1. The molecule has 1 amide bonds. The van der Waals surface area contributed by atoms with Crippen molar-refractivity contribution in [3.05, 3.63) is 65.0 Å². The van der Waals surface area contributed by atoms with Crippen molar-refractivity contribution in [1.82, 2.24) is 5.32 Å². The molecule has 118 valence electrons. The van der Waals surface area contributed by atoms with Crippen molar-refractivity contribution in [2.75, 3.05) is 0 Å². The van der Waals surface area contributed by atoms with Gasteiger partial charge in [0.05, 0.1) is 6.54 Å². The Bertz CT molecular complexity index is 978. The van der Waals surface area contributed by atoms with Gasteiger partial charge in [-0.15, -0.1) is 11.3 Å². The highest BCUT2D eigenvalue weighted by atomic mass is 32.2. The van der Waals surface area contributed by atoms with E-state index in [-0.39, 0.29) is 16.7 Å². The van der Waals surface area contributed by atoms with Crippen LogP contribution in [0, 0.1) is 0 Å². The van der Waals surface area contributed by atoms with Gasteiger partial charge in [0.2, 0.25) is 10.0 Å². The summed E-state index contributed by atoms with van der Waals surface area (Å²) in [5.74, 6) is -0.207. The Balaban J connectivity index is 1.72. The number of carbonyl (C=O) groups is 1. The number of nitrogens with one attached hydrogen (secondary N) is 1. The molecule has 3 rings (SSSR count). The van der Waals surface area contributed by atoms with Crippen LogP contribution in [-0.4, -0.2) is 14.3 Å². The number of primary sulfonamides is 1. The molecule has 0 aliphatic carbocycles. The third-order valence-electron chi connectivity index (χ3n) is 3.35. The number of rotatable bonds is 4. The SMILES string of the molecule is NS(=O)(=O)c1ccc(CNC(=O)c2ccc3ccccc3c2)s1. The van der Waals surface area contributed by atoms with Crippen molar-refractivity contribution in [2.45, 2.75) is 10.8 Å². The molecule has 5 nitrogen and oxygen atoms in total. The lowest BCUT2D eigenvalue weighted by atomic mass is 10.1. The van der Waals surface area contributed by atoms with Gasteiger partial charge >= 0.3 is 0 Å². The molecule has 0 aliphatic rings. The van der Waals surface area contributed by atoms with E-state index in [0.717, 1.165) is 27.0 Å². The van der Waals surface area contributed by atoms with Gasteiger partial charge in [0.25, 0.3) is 5.91 Å². The lowest BCUT2D eigenvalue weighted by Gasteiger charge is -2.05. The second-order valence-electron chi connectivity index (χ2n) is 5.01. The highest BCUT2D eigenvalue weighted by molar-refractivity contribution is 7.91. The summed E-state index contributed by atoms with van der Waals surface area (Å²) >= 11 is 1.05. The Morgan fingerprint density at radius 3 is 2.48 bits per heavy atom. The minimum Gasteiger partial charge on any atom is -0.347 e. The van der Waals surface area contributed by atoms with Crippen LogP contribution in [0.3, 0.4) is 0 Å². The van der Waals surface area contributed by atoms with E-state index in [0.29, 0.717) is 5.56 Å². The summed E-state index contributed by atoms with van der Waals surface area (Å²) < 4.78 is 22.6. The fourth-order valence-corrected chi connectivity index (χ4v) is 3.92. The summed E-state index contributed by atoms with van der Waals surface area (Å²) in [5.41, 5.74) is 0.562. The number of sulfonamides is 1. The minimum atomic E-state index is -3.69. The number of benzene rings is 2. The van der Waals surface area contributed by atoms with Crippen LogP contribution in [0.4, 0.5) is 0 Å². The molecule has 1 aromatic heterocycles. The number of hydrogen-bond acceptors (Lipinski definition) is 4. The summed E-state index contributed by atoms with van der Waals surface area (Å²) in [6.07, 6.45) is 0. The lowest BCUT2D eigenvalue weighted by molar-refractivity contribution is 0.0951. The second-order valence-corrected chi connectivity index (χ2v) is 7.97. The molecule has 0 aliphatic heterocycles. The fraction of sp³-hybridized carbons (Fsp3) is 0.0625. The fourth-order valence-electron chi connectivity index (χ4n) is 2.21. The van der Waals surface area contributed by atoms with E-state index in [1.165, 1.54) is 6.07 Å². The predicted octanol–water partition coefficient (Wildman–Crippen LogP) is 2.48. The third kappa shape index (κ3) is 3.58. The Morgan fingerprint density at radius 2 is 1.78 bits per heavy atom. The summed E-state index contributed by atoms with van der Waals surface area (Å²) in [6.45, 7) is 0.256. The van der Waals surface area contributed by atoms with E-state index in [2.05, 4.69) is 5.32 Å². The van der Waals surface area contributed by atoms with Gasteiger partial charge in [-0.2, -0.15) is 0 Å². The van der Waals surface area contributed by atoms with Crippen LogP contribution >= 0.6 is 11.3 Å². The van der Waals surface area contributed by atoms with Crippen molar-refractivity contribution in [3.8, 4) is 0 Å². The predicted molar refractivity (Wildman–Crippen MR) is 90.8 cm³/mol. The number of carbonyl (C=O) groups excluding carboxylic acids is 1. The monoisotopic (exact) mass is 346 g/mol. The normalized spacial score (nSPS) is 11.5. The Hall–Kier alpha value is -2.22. The maximum absolute atomic E-state index is 12.2. The van der Waals surface area contributed by atoms with Gasteiger partial charge in [0.1, 0.15) is 4.21 Å². The quantitative estimate of drug-likeness (QED) is 0.760. The van der Waals surface area contributed by atoms with Crippen LogP contribution in [0.15, 0.2) is 58.8 Å². The molecule has 3 N–H and O–H groups in total. The average molecular weight is 346 g/mol. The van der Waals surface area contributed by atoms with Crippen LogP contribution < -0.4 is 10.5 Å². The molecule has 23 heavy (non-hydrogen) atoms. The number of nitrogens with two attached hydrogens (primary N) is 1. The summed E-state index contributed by atoms with van der Waals surface area (Å²) in [7, 11) is -3.69. The van der Waals surface area contributed by atoms with Gasteiger partial charge in [-0.05, 0) is 35.0 Å². The zero-order valence-electron chi connectivity index (χ0n) is 12.0. The first-order valence-electron chi connectivity index (χ1n) is 6.82. The zero-order chi connectivity index (χ0) is 16.4. The summed E-state index contributed by atoms with van der Waals surface area (Å²) in [5, 5.41) is 9.91. The highest BCUT2D eigenvalue weighted by Gasteiger charge is 2.12. The molecule has 0 fully saturated rings. The van der Waals surface area contributed by atoms with Gasteiger partial charge < -0.3 is 5.32 Å². The van der Waals surface area contributed by atoms with Crippen LogP contribution in [0.5, 0.6) is 0 Å². The first-order valence-corrected chi connectivity index (χ1v) is 9.18. The van der Waals surface area contributed by atoms with Gasteiger partial charge in [0.15, 0.2) is 0 Å².